The van der Waals surface area contributed by atoms with Crippen molar-refractivity contribution in [3.63, 3.8) is 0 Å². The van der Waals surface area contributed by atoms with Gasteiger partial charge < -0.3 is 5.11 Å². The van der Waals surface area contributed by atoms with Gasteiger partial charge in [-0.05, 0) is 80.5 Å². The molecule has 3 heteroatoms. The van der Waals surface area contributed by atoms with Crippen molar-refractivity contribution in [1.82, 2.24) is 0 Å². The maximum absolute atomic E-state index is 13.3. The number of aliphatic hydroxyl groups excluding tert-OH is 1. The van der Waals surface area contributed by atoms with Crippen LogP contribution < -0.4 is 0 Å². The number of hydrogen-bond acceptors (Lipinski definition) is 3. The standard InChI is InChI=1S/C21H32O3/c1-12(22)16-6-7-17-15-5-4-13-10-14(23)8-9-20(13,2)19(15)18(24)11-21(16,17)3/h13-17,19,23H,4-11H2,1-3H3/t13-,14?,15+,16-,17+,19-,20+,21-/m1/s1. The first-order valence-electron chi connectivity index (χ1n) is 9.98. The van der Waals surface area contributed by atoms with Gasteiger partial charge in [-0.1, -0.05) is 13.8 Å². The van der Waals surface area contributed by atoms with Gasteiger partial charge in [-0.3, -0.25) is 9.59 Å². The van der Waals surface area contributed by atoms with E-state index in [1.807, 2.05) is 0 Å². The van der Waals surface area contributed by atoms with Crippen molar-refractivity contribution in [1.29, 1.82) is 0 Å². The van der Waals surface area contributed by atoms with Crippen LogP contribution in [0.1, 0.15) is 72.1 Å². The molecule has 0 heterocycles. The Labute approximate surface area is 145 Å². The number of aliphatic hydroxyl groups is 1. The maximum atomic E-state index is 13.3. The number of rotatable bonds is 1. The highest BCUT2D eigenvalue weighted by molar-refractivity contribution is 5.87. The Morgan fingerprint density at radius 2 is 1.83 bits per heavy atom. The molecule has 0 radical (unpaired) electrons. The van der Waals surface area contributed by atoms with E-state index in [9.17, 15) is 14.7 Å². The summed E-state index contributed by atoms with van der Waals surface area (Å²) in [5.41, 5.74) is -0.0175. The van der Waals surface area contributed by atoms with Gasteiger partial charge in [-0.15, -0.1) is 0 Å². The van der Waals surface area contributed by atoms with Crippen LogP contribution in [0.4, 0.5) is 0 Å². The monoisotopic (exact) mass is 332 g/mol. The molecular formula is C21H32O3. The summed E-state index contributed by atoms with van der Waals surface area (Å²) < 4.78 is 0. The molecule has 0 aliphatic heterocycles. The molecule has 1 unspecified atom stereocenters. The van der Waals surface area contributed by atoms with Gasteiger partial charge in [0.05, 0.1) is 6.10 Å². The number of carbonyl (C=O) groups is 2. The van der Waals surface area contributed by atoms with E-state index in [0.717, 1.165) is 44.9 Å². The van der Waals surface area contributed by atoms with Gasteiger partial charge in [0.2, 0.25) is 0 Å². The molecule has 1 N–H and O–H groups in total. The average molecular weight is 332 g/mol. The molecule has 0 aromatic heterocycles. The van der Waals surface area contributed by atoms with Crippen molar-refractivity contribution in [2.45, 2.75) is 78.2 Å². The van der Waals surface area contributed by atoms with Crippen molar-refractivity contribution in [3.05, 3.63) is 0 Å². The minimum Gasteiger partial charge on any atom is -0.393 e. The minimum absolute atomic E-state index is 0.0782. The zero-order valence-corrected chi connectivity index (χ0v) is 15.4. The molecule has 3 nitrogen and oxygen atoms in total. The van der Waals surface area contributed by atoms with E-state index < -0.39 is 0 Å². The van der Waals surface area contributed by atoms with Crippen molar-refractivity contribution < 1.29 is 14.7 Å². The van der Waals surface area contributed by atoms with Crippen molar-refractivity contribution >= 4 is 11.6 Å². The van der Waals surface area contributed by atoms with Crippen LogP contribution in [0.2, 0.25) is 0 Å². The molecule has 4 aliphatic carbocycles. The summed E-state index contributed by atoms with van der Waals surface area (Å²) in [6.45, 7) is 6.28. The van der Waals surface area contributed by atoms with Gasteiger partial charge in [0, 0.05) is 18.3 Å². The summed E-state index contributed by atoms with van der Waals surface area (Å²) in [6.07, 6.45) is 7.53. The second-order valence-corrected chi connectivity index (χ2v) is 9.85. The molecule has 0 amide bonds. The molecule has 134 valence electrons. The van der Waals surface area contributed by atoms with Crippen LogP contribution in [0, 0.1) is 40.4 Å². The fourth-order valence-electron chi connectivity index (χ4n) is 7.72. The molecule has 4 rings (SSSR count). The van der Waals surface area contributed by atoms with Crippen LogP contribution in [0.3, 0.4) is 0 Å². The van der Waals surface area contributed by atoms with Gasteiger partial charge in [0.25, 0.3) is 0 Å². The molecular weight excluding hydrogens is 300 g/mol. The zero-order valence-electron chi connectivity index (χ0n) is 15.4. The molecule has 0 spiro atoms. The van der Waals surface area contributed by atoms with Gasteiger partial charge in [-0.25, -0.2) is 0 Å². The highest BCUT2D eigenvalue weighted by Gasteiger charge is 2.63. The number of carbonyl (C=O) groups excluding carboxylic acids is 2. The number of fused-ring (bicyclic) bond motifs is 5. The van der Waals surface area contributed by atoms with E-state index in [1.54, 1.807) is 6.92 Å². The Hall–Kier alpha value is -0.700. The van der Waals surface area contributed by atoms with Crippen LogP contribution in [-0.2, 0) is 9.59 Å². The van der Waals surface area contributed by atoms with Gasteiger partial charge in [0.1, 0.15) is 11.6 Å². The normalized spacial score (nSPS) is 53.9. The quantitative estimate of drug-likeness (QED) is 0.795. The van der Waals surface area contributed by atoms with Crippen LogP contribution in [-0.4, -0.2) is 22.8 Å². The summed E-state index contributed by atoms with van der Waals surface area (Å²) in [4.78, 5) is 25.5. The van der Waals surface area contributed by atoms with E-state index in [4.69, 9.17) is 0 Å². The summed E-state index contributed by atoms with van der Waals surface area (Å²) in [5, 5.41) is 10.1. The zero-order chi connectivity index (χ0) is 17.3. The molecule has 24 heavy (non-hydrogen) atoms. The summed E-state index contributed by atoms with van der Waals surface area (Å²) in [6, 6.07) is 0. The highest BCUT2D eigenvalue weighted by atomic mass is 16.3. The van der Waals surface area contributed by atoms with Crippen LogP contribution in [0.5, 0.6) is 0 Å². The van der Waals surface area contributed by atoms with E-state index in [0.29, 0.717) is 30.0 Å². The van der Waals surface area contributed by atoms with Crippen LogP contribution >= 0.6 is 0 Å². The third kappa shape index (κ3) is 2.12. The van der Waals surface area contributed by atoms with Gasteiger partial charge >= 0.3 is 0 Å². The first-order valence-corrected chi connectivity index (χ1v) is 9.98. The Kier molecular flexibility index (Phi) is 3.77. The Bertz CT molecular complexity index is 569. The first-order chi connectivity index (χ1) is 11.3. The first kappa shape index (κ1) is 16.8. The van der Waals surface area contributed by atoms with Gasteiger partial charge in [-0.2, -0.15) is 0 Å². The van der Waals surface area contributed by atoms with Crippen molar-refractivity contribution in [2.75, 3.05) is 0 Å². The van der Waals surface area contributed by atoms with Crippen molar-refractivity contribution in [3.8, 4) is 0 Å². The smallest absolute Gasteiger partial charge is 0.137 e. The second kappa shape index (κ2) is 5.40. The molecule has 4 saturated carbocycles. The van der Waals surface area contributed by atoms with E-state index >= 15 is 0 Å². The predicted molar refractivity (Wildman–Crippen MR) is 92.3 cm³/mol. The number of Topliss-reactive ketones (excluding diaryl/α,β-unsaturated/α-hetero) is 2. The van der Waals surface area contributed by atoms with Crippen LogP contribution in [0.15, 0.2) is 0 Å². The molecule has 4 fully saturated rings. The van der Waals surface area contributed by atoms with E-state index in [1.165, 1.54) is 0 Å². The fraction of sp³-hybridized carbons (Fsp3) is 0.905. The Balaban J connectivity index is 1.68. The Morgan fingerprint density at radius 1 is 1.08 bits per heavy atom. The number of hydrogen-bond donors (Lipinski definition) is 1. The second-order valence-electron chi connectivity index (χ2n) is 9.85. The summed E-state index contributed by atoms with van der Waals surface area (Å²) >= 11 is 0. The highest BCUT2D eigenvalue weighted by Crippen LogP contribution is 2.66. The average Bonchev–Trinajstić information content (AvgIpc) is 2.84. The fourth-order valence-corrected chi connectivity index (χ4v) is 7.72. The largest absolute Gasteiger partial charge is 0.393 e. The summed E-state index contributed by atoms with van der Waals surface area (Å²) in [7, 11) is 0. The topological polar surface area (TPSA) is 54.4 Å². The SMILES string of the molecule is CC(=O)[C@H]1CC[C@H]2[C@@H]3CC[C@@H]4CC(O)CC[C@]4(C)[C@H]3C(=O)C[C@]12C. The third-order valence-corrected chi connectivity index (χ3v) is 8.81. The molecule has 0 aromatic rings. The molecule has 0 saturated heterocycles. The lowest BCUT2D eigenvalue weighted by molar-refractivity contribution is -0.162. The van der Waals surface area contributed by atoms with Crippen LogP contribution in [0.25, 0.3) is 0 Å². The predicted octanol–water partition coefficient (Wildman–Crippen LogP) is 3.77. The molecule has 4 aliphatic rings. The lowest BCUT2D eigenvalue weighted by Crippen LogP contribution is -2.58. The number of ketones is 2. The maximum Gasteiger partial charge on any atom is 0.137 e. The lowest BCUT2D eigenvalue weighted by Gasteiger charge is -2.59. The van der Waals surface area contributed by atoms with Crippen molar-refractivity contribution in [2.24, 2.45) is 40.4 Å². The summed E-state index contributed by atoms with van der Waals surface area (Å²) in [5.74, 6) is 2.48. The molecule has 0 bridgehead atoms. The third-order valence-electron chi connectivity index (χ3n) is 8.81. The van der Waals surface area contributed by atoms with E-state index in [-0.39, 0.29) is 34.6 Å². The molecule has 8 atom stereocenters. The Morgan fingerprint density at radius 3 is 2.54 bits per heavy atom. The molecule has 0 aromatic carbocycles. The lowest BCUT2D eigenvalue weighted by atomic mass is 9.44. The van der Waals surface area contributed by atoms with Gasteiger partial charge in [0.15, 0.2) is 0 Å². The van der Waals surface area contributed by atoms with E-state index in [2.05, 4.69) is 13.8 Å². The minimum atomic E-state index is -0.169.